The molecule has 0 saturated carbocycles. The number of nitrogens with one attached hydrogen (secondary N) is 1. The minimum Gasteiger partial charge on any atom is -0.490 e. The van der Waals surface area contributed by atoms with E-state index in [0.717, 1.165) is 22.5 Å². The Morgan fingerprint density at radius 1 is 1.00 bits per heavy atom. The molecule has 4 rings (SSSR count). The van der Waals surface area contributed by atoms with Crippen LogP contribution in [0.25, 0.3) is 11.0 Å². The van der Waals surface area contributed by atoms with Crippen molar-refractivity contribution in [2.75, 3.05) is 25.1 Å². The van der Waals surface area contributed by atoms with Gasteiger partial charge in [-0.15, -0.1) is 0 Å². The average Bonchev–Trinajstić information content (AvgIpc) is 3.11. The molecule has 0 fully saturated rings. The maximum atomic E-state index is 12.8. The van der Waals surface area contributed by atoms with Crippen LogP contribution in [0.15, 0.2) is 60.8 Å². The molecule has 2 aromatic carbocycles. The number of nitrogens with zero attached hydrogens (tertiary/aromatic N) is 3. The van der Waals surface area contributed by atoms with E-state index in [1.165, 1.54) is 0 Å². The first kappa shape index (κ1) is 22.1. The molecule has 0 aliphatic rings. The molecule has 1 amide bonds. The summed E-state index contributed by atoms with van der Waals surface area (Å²) in [4.78, 5) is 17.3. The van der Waals surface area contributed by atoms with Crippen molar-refractivity contribution < 1.29 is 19.0 Å². The minimum atomic E-state index is -0.266. The summed E-state index contributed by atoms with van der Waals surface area (Å²) in [7, 11) is 1.84. The molecule has 33 heavy (non-hydrogen) atoms. The summed E-state index contributed by atoms with van der Waals surface area (Å²) >= 11 is 0. The van der Waals surface area contributed by atoms with Crippen LogP contribution in [0, 0.1) is 6.92 Å². The third-order valence-corrected chi connectivity index (χ3v) is 4.98. The van der Waals surface area contributed by atoms with Crippen LogP contribution in [0.5, 0.6) is 17.2 Å². The Hall–Kier alpha value is -4.07. The number of para-hydroxylation sites is 1. The number of carbonyl (C=O) groups excluding carboxylic acids is 1. The molecular weight excluding hydrogens is 420 g/mol. The lowest BCUT2D eigenvalue weighted by molar-refractivity contribution is 0.102. The Kier molecular flexibility index (Phi) is 6.73. The highest BCUT2D eigenvalue weighted by molar-refractivity contribution is 6.05. The number of aryl methyl sites for hydroxylation is 2. The number of aromatic nitrogens is 3. The van der Waals surface area contributed by atoms with E-state index in [-0.39, 0.29) is 5.91 Å². The molecule has 0 radical (unpaired) electrons. The molecule has 0 unspecified atom stereocenters. The van der Waals surface area contributed by atoms with Gasteiger partial charge >= 0.3 is 0 Å². The van der Waals surface area contributed by atoms with Gasteiger partial charge in [0.1, 0.15) is 19.0 Å². The fraction of sp³-hybridized carbons (Fsp3) is 0.240. The highest BCUT2D eigenvalue weighted by atomic mass is 16.5. The number of benzene rings is 2. The molecule has 8 nitrogen and oxygen atoms in total. The van der Waals surface area contributed by atoms with Gasteiger partial charge in [0.15, 0.2) is 17.1 Å². The van der Waals surface area contributed by atoms with Crippen molar-refractivity contribution in [2.45, 2.75) is 13.8 Å². The largest absolute Gasteiger partial charge is 0.490 e. The Morgan fingerprint density at radius 3 is 2.58 bits per heavy atom. The number of pyridine rings is 1. The predicted octanol–water partition coefficient (Wildman–Crippen LogP) is 4.39. The Balaban J connectivity index is 1.42. The third kappa shape index (κ3) is 5.23. The van der Waals surface area contributed by atoms with Crippen molar-refractivity contribution in [2.24, 2.45) is 7.05 Å². The number of rotatable bonds is 9. The number of fused-ring (bicyclic) bond motifs is 1. The molecule has 1 N–H and O–H groups in total. The van der Waals surface area contributed by atoms with E-state index >= 15 is 0 Å². The van der Waals surface area contributed by atoms with Crippen molar-refractivity contribution >= 4 is 22.6 Å². The standard InChI is InChI=1S/C25H26N4O4/c1-4-31-23-14-18(10-11-22(23)33-13-12-32-20-8-6-5-7-9-20)25(30)27-19-15-21-17(2)28-29(3)24(21)26-16-19/h5-11,14-16H,4,12-13H2,1-3H3,(H,27,30). The van der Waals surface area contributed by atoms with Crippen LogP contribution in [0.1, 0.15) is 23.0 Å². The van der Waals surface area contributed by atoms with E-state index in [2.05, 4.69) is 15.4 Å². The van der Waals surface area contributed by atoms with Crippen LogP contribution >= 0.6 is 0 Å². The topological polar surface area (TPSA) is 87.5 Å². The monoisotopic (exact) mass is 446 g/mol. The van der Waals surface area contributed by atoms with Gasteiger partial charge < -0.3 is 19.5 Å². The maximum Gasteiger partial charge on any atom is 0.255 e. The zero-order chi connectivity index (χ0) is 23.2. The second-order valence-corrected chi connectivity index (χ2v) is 7.36. The zero-order valence-corrected chi connectivity index (χ0v) is 18.9. The van der Waals surface area contributed by atoms with Crippen LogP contribution in [-0.4, -0.2) is 40.5 Å². The van der Waals surface area contributed by atoms with Crippen LogP contribution in [0.4, 0.5) is 5.69 Å². The normalized spacial score (nSPS) is 10.8. The van der Waals surface area contributed by atoms with E-state index in [1.54, 1.807) is 29.1 Å². The van der Waals surface area contributed by atoms with Gasteiger partial charge in [-0.2, -0.15) is 5.10 Å². The van der Waals surface area contributed by atoms with Crippen molar-refractivity contribution in [3.05, 3.63) is 72.1 Å². The van der Waals surface area contributed by atoms with Gasteiger partial charge in [-0.3, -0.25) is 9.48 Å². The number of hydrogen-bond donors (Lipinski definition) is 1. The number of amides is 1. The fourth-order valence-electron chi connectivity index (χ4n) is 3.44. The van der Waals surface area contributed by atoms with E-state index in [1.807, 2.05) is 57.3 Å². The Bertz CT molecular complexity index is 1250. The summed E-state index contributed by atoms with van der Waals surface area (Å²) in [5, 5.41) is 8.15. The van der Waals surface area contributed by atoms with Crippen LogP contribution < -0.4 is 19.5 Å². The summed E-state index contributed by atoms with van der Waals surface area (Å²) in [6, 6.07) is 16.5. The summed E-state index contributed by atoms with van der Waals surface area (Å²) < 4.78 is 18.9. The molecule has 4 aromatic rings. The Labute approximate surface area is 192 Å². The van der Waals surface area contributed by atoms with Crippen molar-refractivity contribution in [1.82, 2.24) is 14.8 Å². The first-order chi connectivity index (χ1) is 16.0. The molecule has 170 valence electrons. The first-order valence-electron chi connectivity index (χ1n) is 10.7. The lowest BCUT2D eigenvalue weighted by atomic mass is 10.1. The van der Waals surface area contributed by atoms with E-state index in [9.17, 15) is 4.79 Å². The molecule has 2 aromatic heterocycles. The first-order valence-corrected chi connectivity index (χ1v) is 10.7. The smallest absolute Gasteiger partial charge is 0.255 e. The SMILES string of the molecule is CCOc1cc(C(=O)Nc2cnc3c(c2)c(C)nn3C)ccc1OCCOc1ccccc1. The minimum absolute atomic E-state index is 0.266. The van der Waals surface area contributed by atoms with Gasteiger partial charge in [0, 0.05) is 18.0 Å². The molecule has 0 aliphatic carbocycles. The third-order valence-electron chi connectivity index (χ3n) is 4.98. The van der Waals surface area contributed by atoms with Crippen LogP contribution in [0.2, 0.25) is 0 Å². The maximum absolute atomic E-state index is 12.8. The van der Waals surface area contributed by atoms with Crippen LogP contribution in [0.3, 0.4) is 0 Å². The summed E-state index contributed by atoms with van der Waals surface area (Å²) in [6.07, 6.45) is 1.62. The van der Waals surface area contributed by atoms with E-state index in [4.69, 9.17) is 14.2 Å². The molecule has 0 saturated heterocycles. The molecule has 8 heteroatoms. The van der Waals surface area contributed by atoms with Crippen molar-refractivity contribution in [3.8, 4) is 17.2 Å². The number of carbonyl (C=O) groups is 1. The predicted molar refractivity (Wildman–Crippen MR) is 126 cm³/mol. The van der Waals surface area contributed by atoms with E-state index < -0.39 is 0 Å². The molecule has 0 bridgehead atoms. The van der Waals surface area contributed by atoms with Gasteiger partial charge in [0.25, 0.3) is 5.91 Å². The van der Waals surface area contributed by atoms with E-state index in [0.29, 0.717) is 42.6 Å². The Morgan fingerprint density at radius 2 is 1.79 bits per heavy atom. The highest BCUT2D eigenvalue weighted by Gasteiger charge is 2.14. The van der Waals surface area contributed by atoms with Gasteiger partial charge in [-0.1, -0.05) is 18.2 Å². The number of anilines is 1. The lowest BCUT2D eigenvalue weighted by Crippen LogP contribution is -2.13. The summed E-state index contributed by atoms with van der Waals surface area (Å²) in [5.41, 5.74) is 2.67. The molecule has 0 spiro atoms. The second-order valence-electron chi connectivity index (χ2n) is 7.36. The molecular formula is C25H26N4O4. The quantitative estimate of drug-likeness (QED) is 0.384. The number of hydrogen-bond acceptors (Lipinski definition) is 6. The zero-order valence-electron chi connectivity index (χ0n) is 18.9. The van der Waals surface area contributed by atoms with Gasteiger partial charge in [0.2, 0.25) is 0 Å². The van der Waals surface area contributed by atoms with Gasteiger partial charge in [0.05, 0.1) is 24.2 Å². The summed E-state index contributed by atoms with van der Waals surface area (Å²) in [5.74, 6) is 1.57. The van der Waals surface area contributed by atoms with Gasteiger partial charge in [-0.05, 0) is 50.2 Å². The molecule has 0 aliphatic heterocycles. The fourth-order valence-corrected chi connectivity index (χ4v) is 3.44. The lowest BCUT2D eigenvalue weighted by Gasteiger charge is -2.14. The average molecular weight is 447 g/mol. The van der Waals surface area contributed by atoms with Crippen molar-refractivity contribution in [1.29, 1.82) is 0 Å². The second kappa shape index (κ2) is 10.0. The van der Waals surface area contributed by atoms with Crippen LogP contribution in [-0.2, 0) is 7.05 Å². The number of ether oxygens (including phenoxy) is 3. The van der Waals surface area contributed by atoms with Crippen molar-refractivity contribution in [3.63, 3.8) is 0 Å². The molecule has 2 heterocycles. The molecule has 0 atom stereocenters. The highest BCUT2D eigenvalue weighted by Crippen LogP contribution is 2.29. The summed E-state index contributed by atoms with van der Waals surface area (Å²) in [6.45, 7) is 4.97. The van der Waals surface area contributed by atoms with Gasteiger partial charge in [-0.25, -0.2) is 4.98 Å².